The summed E-state index contributed by atoms with van der Waals surface area (Å²) in [6, 6.07) is 24.4. The molecular formula is C49H65N7O7. The molecule has 3 heterocycles. The zero-order valence-corrected chi connectivity index (χ0v) is 38.1. The number of aliphatic hydroxyl groups is 2. The van der Waals surface area contributed by atoms with Gasteiger partial charge in [0.05, 0.1) is 35.8 Å². The van der Waals surface area contributed by atoms with E-state index in [0.717, 1.165) is 27.3 Å². The van der Waals surface area contributed by atoms with E-state index >= 15 is 0 Å². The molecular weight excluding hydrogens is 799 g/mol. The van der Waals surface area contributed by atoms with Crippen molar-refractivity contribution >= 4 is 23.9 Å². The lowest BCUT2D eigenvalue weighted by Gasteiger charge is -2.38. The molecule has 0 saturated carbocycles. The molecule has 5 rings (SSSR count). The van der Waals surface area contributed by atoms with E-state index < -0.39 is 58.7 Å². The third-order valence-corrected chi connectivity index (χ3v) is 11.4. The number of urea groups is 1. The van der Waals surface area contributed by atoms with Crippen molar-refractivity contribution in [2.24, 2.45) is 10.8 Å². The van der Waals surface area contributed by atoms with Crippen molar-refractivity contribution in [3.8, 4) is 11.3 Å². The summed E-state index contributed by atoms with van der Waals surface area (Å²) in [5.41, 5.74) is 1.89. The summed E-state index contributed by atoms with van der Waals surface area (Å²) >= 11 is 0. The quantitative estimate of drug-likeness (QED) is 0.0817. The Kier molecular flexibility index (Phi) is 15.4. The first-order valence-electron chi connectivity index (χ1n) is 21.6. The van der Waals surface area contributed by atoms with Crippen molar-refractivity contribution in [2.45, 2.75) is 117 Å². The highest BCUT2D eigenvalue weighted by Gasteiger charge is 2.45. The van der Waals surface area contributed by atoms with Gasteiger partial charge in [0.2, 0.25) is 11.8 Å². The number of hydrogen-bond acceptors (Lipinski definition) is 8. The Hall–Kier alpha value is -5.86. The molecule has 1 saturated heterocycles. The van der Waals surface area contributed by atoms with Gasteiger partial charge in [-0.05, 0) is 79.3 Å². The van der Waals surface area contributed by atoms with Crippen molar-refractivity contribution in [3.63, 3.8) is 0 Å². The average molecular weight is 864 g/mol. The lowest BCUT2D eigenvalue weighted by Crippen LogP contribution is -2.59. The number of carbonyl (C=O) groups excluding carboxylic acids is 3. The SMILES string of the molecule is CN(C(=O)O)[C@H](C(=O)N[C@@H](Cc1ccc(-c2ccccn2)cc1)[C@@H](O)C[C@H](Cc1ccccc1)NC(=O)[C@@H](N1CCN(Cc2cccc(C(C)(C)O)n2)C1=O)C(C)(C)C)C(C)(C)C. The Morgan fingerprint density at radius 3 is 2.02 bits per heavy atom. The summed E-state index contributed by atoms with van der Waals surface area (Å²) in [5.74, 6) is -0.938. The Balaban J connectivity index is 1.42. The van der Waals surface area contributed by atoms with Crippen molar-refractivity contribution in [2.75, 3.05) is 20.1 Å². The molecule has 1 aliphatic heterocycles. The molecule has 0 unspecified atom stereocenters. The van der Waals surface area contributed by atoms with E-state index in [1.165, 1.54) is 7.05 Å². The molecule has 2 aromatic heterocycles. The van der Waals surface area contributed by atoms with Crippen LogP contribution in [0.1, 0.15) is 84.3 Å². The number of nitrogens with zero attached hydrogens (tertiary/aromatic N) is 5. The molecule has 14 heteroatoms. The zero-order chi connectivity index (χ0) is 46.3. The van der Waals surface area contributed by atoms with Gasteiger partial charge in [0, 0.05) is 37.9 Å². The number of nitrogens with one attached hydrogen (secondary N) is 2. The van der Waals surface area contributed by atoms with Crippen molar-refractivity contribution in [1.29, 1.82) is 0 Å². The van der Waals surface area contributed by atoms with Gasteiger partial charge >= 0.3 is 12.1 Å². The van der Waals surface area contributed by atoms with Crippen LogP contribution >= 0.6 is 0 Å². The van der Waals surface area contributed by atoms with Crippen LogP contribution < -0.4 is 10.6 Å². The molecule has 5 amide bonds. The summed E-state index contributed by atoms with van der Waals surface area (Å²) in [6.45, 7) is 15.3. The molecule has 0 spiro atoms. The molecule has 63 heavy (non-hydrogen) atoms. The predicted octanol–water partition coefficient (Wildman–Crippen LogP) is 6.25. The van der Waals surface area contributed by atoms with Gasteiger partial charge in [0.1, 0.15) is 17.7 Å². The first-order valence-corrected chi connectivity index (χ1v) is 21.6. The Labute approximate surface area is 371 Å². The Morgan fingerprint density at radius 2 is 1.43 bits per heavy atom. The standard InChI is InChI=1S/C49H65N7O7/c1-47(2,3)41(54(9)46(61)62)43(58)53-38(29-33-21-23-34(24-22-33)37-19-13-14-25-50-37)39(57)30-36(28-32-16-11-10-12-17-32)52-44(59)42(48(4,5)6)56-27-26-55(45(56)60)31-35-18-15-20-40(51-35)49(7,8)63/h10-25,36,38-39,41-42,57,63H,26-31H2,1-9H3,(H,52,59)(H,53,58)(H,61,62)/t36-,38-,39-,41+,42+/m0/s1. The fraction of sp³-hybridized carbons (Fsp3) is 0.469. The molecule has 338 valence electrons. The second-order valence-electron chi connectivity index (χ2n) is 19.3. The van der Waals surface area contributed by atoms with Crippen molar-refractivity contribution in [3.05, 3.63) is 120 Å². The second-order valence-corrected chi connectivity index (χ2v) is 19.3. The number of aliphatic hydroxyl groups excluding tert-OH is 1. The number of pyridine rings is 2. The number of rotatable bonds is 17. The average Bonchev–Trinajstić information content (AvgIpc) is 3.55. The minimum absolute atomic E-state index is 0.0205. The fourth-order valence-electron chi connectivity index (χ4n) is 8.33. The zero-order valence-electron chi connectivity index (χ0n) is 38.1. The summed E-state index contributed by atoms with van der Waals surface area (Å²) in [5, 5.41) is 38.9. The van der Waals surface area contributed by atoms with Crippen LogP contribution in [0.2, 0.25) is 0 Å². The second kappa shape index (κ2) is 20.1. The lowest BCUT2D eigenvalue weighted by atomic mass is 9.84. The van der Waals surface area contributed by atoms with E-state index in [9.17, 15) is 34.5 Å². The summed E-state index contributed by atoms with van der Waals surface area (Å²) < 4.78 is 0. The van der Waals surface area contributed by atoms with Gasteiger partial charge in [0.15, 0.2) is 0 Å². The fourth-order valence-corrected chi connectivity index (χ4v) is 8.33. The largest absolute Gasteiger partial charge is 0.465 e. The van der Waals surface area contributed by atoms with Gasteiger partial charge in [-0.2, -0.15) is 0 Å². The van der Waals surface area contributed by atoms with E-state index in [1.54, 1.807) is 68.8 Å². The topological polar surface area (TPSA) is 189 Å². The van der Waals surface area contributed by atoms with E-state index in [-0.39, 0.29) is 31.3 Å². The number of hydrogen-bond donors (Lipinski definition) is 5. The minimum atomic E-state index is -1.26. The smallest absolute Gasteiger partial charge is 0.407 e. The number of amides is 5. The van der Waals surface area contributed by atoms with Crippen LogP contribution in [-0.4, -0.2) is 114 Å². The monoisotopic (exact) mass is 863 g/mol. The summed E-state index contributed by atoms with van der Waals surface area (Å²) in [4.78, 5) is 68.3. The number of likely N-dealkylation sites (N-methyl/N-ethyl adjacent to an activating group) is 1. The maximum Gasteiger partial charge on any atom is 0.407 e. The third kappa shape index (κ3) is 12.9. The number of aromatic nitrogens is 2. The van der Waals surface area contributed by atoms with Gasteiger partial charge in [-0.1, -0.05) is 108 Å². The highest BCUT2D eigenvalue weighted by Crippen LogP contribution is 2.30. The third-order valence-electron chi connectivity index (χ3n) is 11.4. The van der Waals surface area contributed by atoms with E-state index in [4.69, 9.17) is 0 Å². The van der Waals surface area contributed by atoms with Crippen LogP contribution in [0.25, 0.3) is 11.3 Å². The molecule has 0 bridgehead atoms. The first-order chi connectivity index (χ1) is 29.5. The van der Waals surface area contributed by atoms with E-state index in [1.807, 2.05) is 93.6 Å². The highest BCUT2D eigenvalue weighted by atomic mass is 16.4. The van der Waals surface area contributed by atoms with Gasteiger partial charge in [-0.25, -0.2) is 9.59 Å². The van der Waals surface area contributed by atoms with Crippen molar-refractivity contribution in [1.82, 2.24) is 35.3 Å². The van der Waals surface area contributed by atoms with Crippen LogP contribution in [0.15, 0.2) is 97.2 Å². The van der Waals surface area contributed by atoms with Crippen LogP contribution in [0.3, 0.4) is 0 Å². The molecule has 0 aliphatic carbocycles. The number of carboxylic acid groups (broad SMARTS) is 1. The summed E-state index contributed by atoms with van der Waals surface area (Å²) in [6.07, 6.45) is -0.190. The van der Waals surface area contributed by atoms with Crippen molar-refractivity contribution < 1.29 is 34.5 Å². The van der Waals surface area contributed by atoms with Gasteiger partial charge < -0.3 is 35.8 Å². The molecule has 1 fully saturated rings. The minimum Gasteiger partial charge on any atom is -0.465 e. The van der Waals surface area contributed by atoms with E-state index in [2.05, 4.69) is 20.6 Å². The molecule has 5 atom stereocenters. The molecule has 14 nitrogen and oxygen atoms in total. The molecule has 2 aromatic carbocycles. The Bertz CT molecular complexity index is 2170. The maximum absolute atomic E-state index is 14.7. The summed E-state index contributed by atoms with van der Waals surface area (Å²) in [7, 11) is 1.35. The first kappa shape index (κ1) is 48.2. The predicted molar refractivity (Wildman–Crippen MR) is 242 cm³/mol. The lowest BCUT2D eigenvalue weighted by molar-refractivity contribution is -0.131. The normalized spacial score (nSPS) is 15.9. The van der Waals surface area contributed by atoms with Crippen LogP contribution in [0.4, 0.5) is 9.59 Å². The Morgan fingerprint density at radius 1 is 0.778 bits per heavy atom. The maximum atomic E-state index is 14.7. The molecule has 5 N–H and O–H groups in total. The molecule has 4 aromatic rings. The molecule has 1 aliphatic rings. The van der Waals surface area contributed by atoms with E-state index in [0.29, 0.717) is 30.9 Å². The van der Waals surface area contributed by atoms with Gasteiger partial charge in [-0.3, -0.25) is 24.5 Å². The van der Waals surface area contributed by atoms with Gasteiger partial charge in [-0.15, -0.1) is 0 Å². The highest BCUT2D eigenvalue weighted by molar-refractivity contribution is 5.89. The molecule has 0 radical (unpaired) electrons. The van der Waals surface area contributed by atoms with Crippen LogP contribution in [0, 0.1) is 10.8 Å². The van der Waals surface area contributed by atoms with Crippen LogP contribution in [-0.2, 0) is 34.6 Å². The van der Waals surface area contributed by atoms with Gasteiger partial charge in [0.25, 0.3) is 0 Å². The number of benzene rings is 2. The van der Waals surface area contributed by atoms with Crippen LogP contribution in [0.5, 0.6) is 0 Å². The number of carbonyl (C=O) groups is 4.